The third-order valence-corrected chi connectivity index (χ3v) is 6.15. The number of carbonyl (C=O) groups excluding carboxylic acids is 1. The molecule has 0 bridgehead atoms. The second-order valence-electron chi connectivity index (χ2n) is 7.17. The molecular weight excluding hydrogens is 360 g/mol. The van der Waals surface area contributed by atoms with Crippen molar-refractivity contribution in [1.82, 2.24) is 10.2 Å². The molecular formula is C18H27ClN2O3S. The Balaban J connectivity index is 0.00000225. The van der Waals surface area contributed by atoms with Crippen molar-refractivity contribution >= 4 is 28.2 Å². The van der Waals surface area contributed by atoms with Crippen LogP contribution in [0.25, 0.3) is 0 Å². The molecule has 1 saturated heterocycles. The van der Waals surface area contributed by atoms with Gasteiger partial charge in [0.1, 0.15) is 0 Å². The fourth-order valence-corrected chi connectivity index (χ4v) is 3.82. The van der Waals surface area contributed by atoms with Crippen LogP contribution in [0.4, 0.5) is 0 Å². The van der Waals surface area contributed by atoms with Crippen LogP contribution < -0.4 is 5.32 Å². The van der Waals surface area contributed by atoms with E-state index in [0.29, 0.717) is 11.6 Å². The van der Waals surface area contributed by atoms with Crippen LogP contribution >= 0.6 is 12.4 Å². The summed E-state index contributed by atoms with van der Waals surface area (Å²) in [6.07, 6.45) is 5.79. The Bertz CT molecular complexity index is 724. The van der Waals surface area contributed by atoms with Crippen LogP contribution in [0.3, 0.4) is 0 Å². The predicted molar refractivity (Wildman–Crippen MR) is 101 cm³/mol. The highest BCUT2D eigenvalue weighted by Gasteiger charge is 2.27. The second kappa shape index (κ2) is 8.06. The van der Waals surface area contributed by atoms with Crippen molar-refractivity contribution in [3.05, 3.63) is 29.3 Å². The number of nitrogens with one attached hydrogen (secondary N) is 1. The summed E-state index contributed by atoms with van der Waals surface area (Å²) in [4.78, 5) is 14.9. The summed E-state index contributed by atoms with van der Waals surface area (Å²) in [6.45, 7) is 4.41. The lowest BCUT2D eigenvalue weighted by molar-refractivity contribution is 0.0704. The first-order valence-electron chi connectivity index (χ1n) is 8.68. The van der Waals surface area contributed by atoms with Crippen LogP contribution in [0.5, 0.6) is 0 Å². The molecule has 1 amide bonds. The molecule has 1 aliphatic carbocycles. The molecule has 5 nitrogen and oxygen atoms in total. The number of halogens is 1. The normalized spacial score (nSPS) is 18.7. The molecule has 7 heteroatoms. The van der Waals surface area contributed by atoms with Crippen LogP contribution in [-0.2, 0) is 9.84 Å². The standard InChI is InChI=1S/C18H26N2O3S.ClH/c1-13-3-6-16(24(2,22)23)11-17(13)18(21)20-9-7-15(8-10-20)19-12-14-4-5-14;/h3,6,11,14-15,19H,4-5,7-10,12H2,1-2H3;1H. The van der Waals surface area contributed by atoms with Gasteiger partial charge >= 0.3 is 0 Å². The maximum Gasteiger partial charge on any atom is 0.254 e. The average molecular weight is 387 g/mol. The van der Waals surface area contributed by atoms with Gasteiger partial charge in [0.25, 0.3) is 5.91 Å². The third kappa shape index (κ3) is 5.19. The van der Waals surface area contributed by atoms with E-state index < -0.39 is 9.84 Å². The summed E-state index contributed by atoms with van der Waals surface area (Å²) < 4.78 is 23.5. The van der Waals surface area contributed by atoms with E-state index in [1.165, 1.54) is 25.2 Å². The van der Waals surface area contributed by atoms with Gasteiger partial charge in [-0.3, -0.25) is 4.79 Å². The summed E-state index contributed by atoms with van der Waals surface area (Å²) >= 11 is 0. The SMILES string of the molecule is Cc1ccc(S(C)(=O)=O)cc1C(=O)N1CCC(NCC2CC2)CC1.Cl. The molecule has 3 rings (SSSR count). The predicted octanol–water partition coefficient (Wildman–Crippen LogP) is 2.42. The smallest absolute Gasteiger partial charge is 0.254 e. The van der Waals surface area contributed by atoms with E-state index >= 15 is 0 Å². The van der Waals surface area contributed by atoms with Crippen molar-refractivity contribution in [2.45, 2.75) is 43.5 Å². The van der Waals surface area contributed by atoms with Gasteiger partial charge in [-0.25, -0.2) is 8.42 Å². The Kier molecular flexibility index (Phi) is 6.51. The molecule has 25 heavy (non-hydrogen) atoms. The Morgan fingerprint density at radius 2 is 1.84 bits per heavy atom. The monoisotopic (exact) mass is 386 g/mol. The molecule has 1 aromatic carbocycles. The number of carbonyl (C=O) groups is 1. The van der Waals surface area contributed by atoms with Gasteiger partial charge in [-0.05, 0) is 62.8 Å². The van der Waals surface area contributed by atoms with Gasteiger partial charge in [0.05, 0.1) is 4.90 Å². The van der Waals surface area contributed by atoms with E-state index in [0.717, 1.165) is 44.0 Å². The van der Waals surface area contributed by atoms with Crippen LogP contribution in [-0.4, -0.2) is 51.2 Å². The van der Waals surface area contributed by atoms with Crippen molar-refractivity contribution in [3.8, 4) is 0 Å². The van der Waals surface area contributed by atoms with E-state index in [-0.39, 0.29) is 23.2 Å². The molecule has 0 spiro atoms. The number of sulfone groups is 1. The largest absolute Gasteiger partial charge is 0.339 e. The Morgan fingerprint density at radius 1 is 1.20 bits per heavy atom. The van der Waals surface area contributed by atoms with Crippen molar-refractivity contribution in [3.63, 3.8) is 0 Å². The number of piperidine rings is 1. The van der Waals surface area contributed by atoms with Gasteiger partial charge in [0.2, 0.25) is 0 Å². The highest BCUT2D eigenvalue weighted by Crippen LogP contribution is 2.28. The zero-order valence-corrected chi connectivity index (χ0v) is 16.5. The lowest BCUT2D eigenvalue weighted by Crippen LogP contribution is -2.45. The number of nitrogens with zero attached hydrogens (tertiary/aromatic N) is 1. The van der Waals surface area contributed by atoms with Crippen LogP contribution in [0.1, 0.15) is 41.6 Å². The zero-order valence-electron chi connectivity index (χ0n) is 14.8. The summed E-state index contributed by atoms with van der Waals surface area (Å²) in [5.41, 5.74) is 1.32. The highest BCUT2D eigenvalue weighted by atomic mass is 35.5. The maximum atomic E-state index is 12.8. The fourth-order valence-electron chi connectivity index (χ4n) is 3.17. The van der Waals surface area contributed by atoms with E-state index in [1.807, 2.05) is 11.8 Å². The summed E-state index contributed by atoms with van der Waals surface area (Å²) in [7, 11) is -3.31. The third-order valence-electron chi connectivity index (χ3n) is 5.04. The van der Waals surface area contributed by atoms with E-state index in [9.17, 15) is 13.2 Å². The number of rotatable bonds is 5. The van der Waals surface area contributed by atoms with Crippen LogP contribution in [0.15, 0.2) is 23.1 Å². The number of benzene rings is 1. The molecule has 1 heterocycles. The number of likely N-dealkylation sites (tertiary alicyclic amines) is 1. The lowest BCUT2D eigenvalue weighted by atomic mass is 10.0. The molecule has 1 aliphatic heterocycles. The first-order valence-corrected chi connectivity index (χ1v) is 10.6. The molecule has 2 fully saturated rings. The minimum atomic E-state index is -3.31. The van der Waals surface area contributed by atoms with Crippen LogP contribution in [0, 0.1) is 12.8 Å². The van der Waals surface area contributed by atoms with Gasteiger partial charge in [-0.2, -0.15) is 0 Å². The Labute approximate surface area is 156 Å². The van der Waals surface area contributed by atoms with Gasteiger partial charge in [0, 0.05) is 31.0 Å². The minimum absolute atomic E-state index is 0. The van der Waals surface area contributed by atoms with Gasteiger partial charge in [-0.1, -0.05) is 6.07 Å². The summed E-state index contributed by atoms with van der Waals surface area (Å²) in [5.74, 6) is 0.810. The lowest BCUT2D eigenvalue weighted by Gasteiger charge is -2.33. The Morgan fingerprint density at radius 3 is 2.40 bits per heavy atom. The minimum Gasteiger partial charge on any atom is -0.339 e. The number of amides is 1. The maximum absolute atomic E-state index is 12.8. The van der Waals surface area contributed by atoms with E-state index in [1.54, 1.807) is 12.1 Å². The average Bonchev–Trinajstić information content (AvgIpc) is 3.36. The van der Waals surface area contributed by atoms with Gasteiger partial charge < -0.3 is 10.2 Å². The van der Waals surface area contributed by atoms with Crippen molar-refractivity contribution in [1.29, 1.82) is 0 Å². The number of hydrogen-bond donors (Lipinski definition) is 1. The molecule has 1 N–H and O–H groups in total. The molecule has 0 radical (unpaired) electrons. The molecule has 0 atom stereocenters. The number of hydrogen-bond acceptors (Lipinski definition) is 4. The molecule has 2 aliphatic rings. The van der Waals surface area contributed by atoms with E-state index in [2.05, 4.69) is 5.32 Å². The molecule has 0 aromatic heterocycles. The Hall–Kier alpha value is -1.11. The molecule has 1 saturated carbocycles. The topological polar surface area (TPSA) is 66.5 Å². The summed E-state index contributed by atoms with van der Waals surface area (Å²) in [6, 6.07) is 5.30. The van der Waals surface area contributed by atoms with Crippen molar-refractivity contribution in [2.24, 2.45) is 5.92 Å². The van der Waals surface area contributed by atoms with Crippen molar-refractivity contribution in [2.75, 3.05) is 25.9 Å². The quantitative estimate of drug-likeness (QED) is 0.843. The van der Waals surface area contributed by atoms with Crippen molar-refractivity contribution < 1.29 is 13.2 Å². The highest BCUT2D eigenvalue weighted by molar-refractivity contribution is 7.90. The molecule has 1 aromatic rings. The first kappa shape index (κ1) is 20.2. The van der Waals surface area contributed by atoms with Gasteiger partial charge in [-0.15, -0.1) is 12.4 Å². The fraction of sp³-hybridized carbons (Fsp3) is 0.611. The van der Waals surface area contributed by atoms with E-state index in [4.69, 9.17) is 0 Å². The second-order valence-corrected chi connectivity index (χ2v) is 9.18. The zero-order chi connectivity index (χ0) is 17.3. The van der Waals surface area contributed by atoms with Crippen LogP contribution in [0.2, 0.25) is 0 Å². The molecule has 0 unspecified atom stereocenters. The summed E-state index contributed by atoms with van der Waals surface area (Å²) in [5, 5.41) is 3.61. The molecule has 140 valence electrons. The van der Waals surface area contributed by atoms with Gasteiger partial charge in [0.15, 0.2) is 9.84 Å². The first-order chi connectivity index (χ1) is 11.3. The number of aryl methyl sites for hydroxylation is 1.